The van der Waals surface area contributed by atoms with Gasteiger partial charge in [-0.05, 0) is 36.4 Å². The minimum atomic E-state index is -6.00. The van der Waals surface area contributed by atoms with E-state index in [0.29, 0.717) is 0 Å². The van der Waals surface area contributed by atoms with Crippen LogP contribution in [0.15, 0.2) is 106 Å². The lowest BCUT2D eigenvalue weighted by Crippen LogP contribution is -2.04. The van der Waals surface area contributed by atoms with Gasteiger partial charge in [0.05, 0.1) is 10.9 Å². The first-order chi connectivity index (χ1) is 21.4. The molecule has 3 aromatic rings. The SMILES string of the molecule is F[B-](F)(F)F.F[B-](F)(F)F.F[B-](F)(F)F.F[B-](F)(F)F.F[B-](F)(F)F.F[B-](F)(F)F.c1ccc([S+](c2ccccc2)c2ccccc2)cc1. The summed E-state index contributed by atoms with van der Waals surface area (Å²) in [7, 11) is -36.0. The lowest BCUT2D eigenvalue weighted by atomic mass is 10.3. The molecule has 0 unspecified atom stereocenters. The summed E-state index contributed by atoms with van der Waals surface area (Å²) in [6.07, 6.45) is 0. The standard InChI is InChI=1S/C18H15S.6BF4/c1-4-10-16(11-5-1)19(17-12-6-2-7-13-17)18-14-8-3-9-15-18;6*2-1(3,4)5/h1-15H;;;;;;/q+1;6*-1. The van der Waals surface area contributed by atoms with Crippen molar-refractivity contribution in [3.63, 3.8) is 0 Å². The van der Waals surface area contributed by atoms with Crippen molar-refractivity contribution in [2.45, 2.75) is 14.7 Å². The zero-order chi connectivity index (χ0) is 39.9. The summed E-state index contributed by atoms with van der Waals surface area (Å²) in [6, 6.07) is 32.2. The van der Waals surface area contributed by atoms with E-state index in [1.54, 1.807) is 0 Å². The number of rotatable bonds is 3. The topological polar surface area (TPSA) is 0 Å². The van der Waals surface area contributed by atoms with Gasteiger partial charge in [-0.2, -0.15) is 0 Å². The monoisotopic (exact) mass is 785 g/mol. The molecule has 3 aromatic carbocycles. The largest absolute Gasteiger partial charge is 0.673 e. The molecule has 0 radical (unpaired) electrons. The zero-order valence-corrected chi connectivity index (χ0v) is 23.9. The molecule has 0 bridgehead atoms. The Kier molecular flexibility index (Phi) is 25.7. The van der Waals surface area contributed by atoms with Gasteiger partial charge < -0.3 is 104 Å². The third-order valence-electron chi connectivity index (χ3n) is 2.94. The fraction of sp³-hybridized carbons (Fsp3) is 0. The molecule has 0 nitrogen and oxygen atoms in total. The summed E-state index contributed by atoms with van der Waals surface area (Å²) in [4.78, 5) is 4.08. The van der Waals surface area contributed by atoms with E-state index < -0.39 is 43.5 Å². The van der Waals surface area contributed by atoms with E-state index in [4.69, 9.17) is 0 Å². The average molecular weight is 784 g/mol. The maximum Gasteiger partial charge on any atom is 0.673 e. The molecule has 0 N–H and O–H groups in total. The van der Waals surface area contributed by atoms with Crippen LogP contribution in [0.3, 0.4) is 0 Å². The number of halogens is 24. The lowest BCUT2D eigenvalue weighted by molar-refractivity contribution is 0.366. The normalized spacial score (nSPS) is 11.4. The molecule has 0 aliphatic heterocycles. The molecule has 0 aliphatic carbocycles. The predicted octanol–water partition coefficient (Wildman–Crippen LogP) is 12.6. The second kappa shape index (κ2) is 24.0. The first-order valence-electron chi connectivity index (χ1n) is 11.6. The molecule has 0 spiro atoms. The number of benzene rings is 3. The van der Waals surface area contributed by atoms with Crippen LogP contribution in [0, 0.1) is 0 Å². The van der Waals surface area contributed by atoms with Crippen molar-refractivity contribution >= 4 is 54.4 Å². The smallest absolute Gasteiger partial charge is 0.418 e. The first kappa shape index (κ1) is 52.5. The molecule has 31 heteroatoms. The Balaban J connectivity index is -0.000000280. The summed E-state index contributed by atoms with van der Waals surface area (Å²) in [5.74, 6) is 0. The Hall–Kier alpha value is -3.28. The average Bonchev–Trinajstić information content (AvgIpc) is 2.80. The summed E-state index contributed by atoms with van der Waals surface area (Å²) in [5.41, 5.74) is 0. The van der Waals surface area contributed by atoms with Crippen molar-refractivity contribution in [2.75, 3.05) is 0 Å². The van der Waals surface area contributed by atoms with Crippen LogP contribution in [-0.4, -0.2) is 43.5 Å². The van der Waals surface area contributed by atoms with Crippen LogP contribution in [0.1, 0.15) is 0 Å². The Morgan fingerprint density at radius 1 is 0.224 bits per heavy atom. The molecular formula is C18H15B6F24S-5. The van der Waals surface area contributed by atoms with Crippen LogP contribution >= 0.6 is 0 Å². The van der Waals surface area contributed by atoms with Crippen LogP contribution in [0.5, 0.6) is 0 Å². The van der Waals surface area contributed by atoms with Gasteiger partial charge in [-0.3, -0.25) is 0 Å². The molecule has 0 saturated heterocycles. The van der Waals surface area contributed by atoms with Crippen LogP contribution in [0.25, 0.3) is 0 Å². The highest BCUT2D eigenvalue weighted by atomic mass is 32.2. The third-order valence-corrected chi connectivity index (χ3v) is 5.17. The van der Waals surface area contributed by atoms with Crippen molar-refractivity contribution < 1.29 is 104 Å². The van der Waals surface area contributed by atoms with E-state index in [1.807, 2.05) is 0 Å². The summed E-state index contributed by atoms with van der Waals surface area (Å²) in [6.45, 7) is 0. The van der Waals surface area contributed by atoms with Crippen LogP contribution in [0.2, 0.25) is 0 Å². The van der Waals surface area contributed by atoms with Crippen molar-refractivity contribution in [1.29, 1.82) is 0 Å². The molecule has 49 heavy (non-hydrogen) atoms. The fourth-order valence-corrected chi connectivity index (χ4v) is 4.18. The van der Waals surface area contributed by atoms with Gasteiger partial charge in [-0.1, -0.05) is 54.6 Å². The van der Waals surface area contributed by atoms with E-state index in [-0.39, 0.29) is 10.9 Å². The second-order valence-electron chi connectivity index (χ2n) is 7.21. The first-order valence-corrected chi connectivity index (χ1v) is 12.8. The Labute approximate surface area is 264 Å². The van der Waals surface area contributed by atoms with Gasteiger partial charge in [-0.25, -0.2) is 0 Å². The highest BCUT2D eigenvalue weighted by molar-refractivity contribution is 7.97. The quantitative estimate of drug-likeness (QED) is 0.141. The van der Waals surface area contributed by atoms with Gasteiger partial charge in [0.2, 0.25) is 0 Å². The van der Waals surface area contributed by atoms with Crippen LogP contribution in [-0.2, 0) is 10.9 Å². The minimum absolute atomic E-state index is 0.0146. The molecule has 0 heterocycles. The van der Waals surface area contributed by atoms with Gasteiger partial charge in [0, 0.05) is 0 Å². The van der Waals surface area contributed by atoms with E-state index in [1.165, 1.54) is 14.7 Å². The molecule has 0 atom stereocenters. The second-order valence-corrected chi connectivity index (χ2v) is 9.24. The van der Waals surface area contributed by atoms with E-state index in [9.17, 15) is 104 Å². The molecule has 3 rings (SSSR count). The number of hydrogen-bond donors (Lipinski definition) is 0. The van der Waals surface area contributed by atoms with Gasteiger partial charge in [-0.15, -0.1) is 0 Å². The molecule has 0 saturated carbocycles. The Bertz CT molecular complexity index is 961. The van der Waals surface area contributed by atoms with Gasteiger partial charge >= 0.3 is 43.5 Å². The van der Waals surface area contributed by atoms with E-state index in [2.05, 4.69) is 91.0 Å². The Morgan fingerprint density at radius 3 is 0.429 bits per heavy atom. The van der Waals surface area contributed by atoms with E-state index in [0.717, 1.165) is 0 Å². The van der Waals surface area contributed by atoms with Crippen LogP contribution < -0.4 is 0 Å². The highest BCUT2D eigenvalue weighted by Crippen LogP contribution is 2.30. The molecule has 0 aromatic heterocycles. The summed E-state index contributed by atoms with van der Waals surface area (Å²) in [5, 5.41) is 0. The number of hydrogen-bond acceptors (Lipinski definition) is 0. The predicted molar refractivity (Wildman–Crippen MR) is 143 cm³/mol. The van der Waals surface area contributed by atoms with E-state index >= 15 is 0 Å². The van der Waals surface area contributed by atoms with Crippen molar-refractivity contribution in [3.05, 3.63) is 91.0 Å². The third kappa shape index (κ3) is 76.2. The fourth-order valence-electron chi connectivity index (χ4n) is 2.08. The molecule has 0 fully saturated rings. The molecule has 0 aliphatic rings. The molecular weight excluding hydrogens is 769 g/mol. The maximum absolute atomic E-state index is 9.75. The minimum Gasteiger partial charge on any atom is -0.418 e. The summed E-state index contributed by atoms with van der Waals surface area (Å²) >= 11 is 0. The van der Waals surface area contributed by atoms with Crippen molar-refractivity contribution in [3.8, 4) is 0 Å². The maximum atomic E-state index is 9.75. The van der Waals surface area contributed by atoms with Gasteiger partial charge in [0.1, 0.15) is 0 Å². The van der Waals surface area contributed by atoms with Gasteiger partial charge in [0.15, 0.2) is 14.7 Å². The van der Waals surface area contributed by atoms with Crippen molar-refractivity contribution in [2.24, 2.45) is 0 Å². The van der Waals surface area contributed by atoms with Crippen LogP contribution in [0.4, 0.5) is 104 Å². The Morgan fingerprint density at radius 2 is 0.327 bits per heavy atom. The van der Waals surface area contributed by atoms with Crippen molar-refractivity contribution in [1.82, 2.24) is 0 Å². The van der Waals surface area contributed by atoms with Gasteiger partial charge in [0.25, 0.3) is 0 Å². The zero-order valence-electron chi connectivity index (χ0n) is 23.1. The highest BCUT2D eigenvalue weighted by Gasteiger charge is 2.28. The summed E-state index contributed by atoms with van der Waals surface area (Å²) < 4.78 is 234. The lowest BCUT2D eigenvalue weighted by Gasteiger charge is -2.07. The molecule has 284 valence electrons. The molecule has 0 amide bonds.